The lowest BCUT2D eigenvalue weighted by Crippen LogP contribution is -2.33. The van der Waals surface area contributed by atoms with Crippen LogP contribution in [0.25, 0.3) is 0 Å². The number of carbonyl (C=O) groups is 1. The van der Waals surface area contributed by atoms with Gasteiger partial charge in [0.25, 0.3) is 0 Å². The summed E-state index contributed by atoms with van der Waals surface area (Å²) >= 11 is 0. The van der Waals surface area contributed by atoms with Gasteiger partial charge in [-0.25, -0.2) is 0 Å². The van der Waals surface area contributed by atoms with Crippen LogP contribution in [0.5, 0.6) is 0 Å². The fraction of sp³-hybridized carbons (Fsp3) is 0.682. The van der Waals surface area contributed by atoms with E-state index in [1.165, 1.54) is 37.7 Å². The number of hydrogen-bond acceptors (Lipinski definition) is 2. The number of carbonyl (C=O) groups excluding carboxylic acids is 1. The van der Waals surface area contributed by atoms with Gasteiger partial charge in [-0.15, -0.1) is 0 Å². The molecule has 1 aliphatic heterocycles. The molecule has 0 spiro atoms. The molecule has 1 atom stereocenters. The van der Waals surface area contributed by atoms with Crippen LogP contribution in [0, 0.1) is 11.8 Å². The number of hydrogen-bond donors (Lipinski definition) is 0. The molecule has 0 radical (unpaired) electrons. The van der Waals surface area contributed by atoms with Crippen LogP contribution in [0.3, 0.4) is 0 Å². The quantitative estimate of drug-likeness (QED) is 0.775. The summed E-state index contributed by atoms with van der Waals surface area (Å²) in [6, 6.07) is 10.9. The molecule has 1 amide bonds. The van der Waals surface area contributed by atoms with Crippen molar-refractivity contribution in [3.63, 3.8) is 0 Å². The molecule has 3 nitrogen and oxygen atoms in total. The predicted molar refractivity (Wildman–Crippen MR) is 104 cm³/mol. The highest BCUT2D eigenvalue weighted by molar-refractivity contribution is 5.76. The molecule has 25 heavy (non-hydrogen) atoms. The van der Waals surface area contributed by atoms with Crippen molar-refractivity contribution in [1.82, 2.24) is 9.80 Å². The van der Waals surface area contributed by atoms with Crippen molar-refractivity contribution in [3.05, 3.63) is 35.9 Å². The zero-order chi connectivity index (χ0) is 17.6. The van der Waals surface area contributed by atoms with E-state index in [2.05, 4.69) is 54.1 Å². The third-order valence-electron chi connectivity index (χ3n) is 6.33. The van der Waals surface area contributed by atoms with Crippen LogP contribution in [0.1, 0.15) is 56.9 Å². The Hall–Kier alpha value is -1.35. The van der Waals surface area contributed by atoms with Gasteiger partial charge in [-0.3, -0.25) is 4.79 Å². The van der Waals surface area contributed by atoms with Crippen LogP contribution in [-0.2, 0) is 4.79 Å². The Morgan fingerprint density at radius 2 is 1.80 bits per heavy atom. The average molecular weight is 343 g/mol. The molecule has 1 aliphatic carbocycles. The minimum atomic E-state index is 0.407. The second-order valence-corrected chi connectivity index (χ2v) is 8.18. The second-order valence-electron chi connectivity index (χ2n) is 8.18. The van der Waals surface area contributed by atoms with Gasteiger partial charge in [0.2, 0.25) is 5.91 Å². The Kier molecular flexibility index (Phi) is 6.52. The van der Waals surface area contributed by atoms with Gasteiger partial charge in [0.1, 0.15) is 0 Å². The molecular formula is C22H34N2O. The highest BCUT2D eigenvalue weighted by Gasteiger charge is 2.30. The molecule has 1 saturated carbocycles. The molecule has 138 valence electrons. The topological polar surface area (TPSA) is 23.6 Å². The fourth-order valence-corrected chi connectivity index (χ4v) is 4.58. The maximum atomic E-state index is 12.7. The summed E-state index contributed by atoms with van der Waals surface area (Å²) < 4.78 is 0. The molecule has 0 N–H and O–H groups in total. The van der Waals surface area contributed by atoms with Crippen molar-refractivity contribution in [2.24, 2.45) is 11.8 Å². The van der Waals surface area contributed by atoms with Crippen LogP contribution in [-0.4, -0.2) is 48.9 Å². The third-order valence-corrected chi connectivity index (χ3v) is 6.33. The summed E-state index contributed by atoms with van der Waals surface area (Å²) in [5.74, 6) is 2.38. The van der Waals surface area contributed by atoms with E-state index < -0.39 is 0 Å². The predicted octanol–water partition coefficient (Wildman–Crippen LogP) is 4.15. The normalized spacial score (nSPS) is 27.0. The summed E-state index contributed by atoms with van der Waals surface area (Å²) in [5, 5.41) is 0. The van der Waals surface area contributed by atoms with Crippen molar-refractivity contribution in [2.75, 3.05) is 33.2 Å². The molecule has 0 bridgehead atoms. The van der Waals surface area contributed by atoms with Gasteiger partial charge in [0, 0.05) is 26.1 Å². The molecule has 1 saturated heterocycles. The zero-order valence-electron chi connectivity index (χ0n) is 16.0. The summed E-state index contributed by atoms with van der Waals surface area (Å²) in [4.78, 5) is 17.2. The van der Waals surface area contributed by atoms with Crippen LogP contribution < -0.4 is 0 Å². The zero-order valence-corrected chi connectivity index (χ0v) is 16.0. The van der Waals surface area contributed by atoms with Crippen molar-refractivity contribution >= 4 is 5.91 Å². The van der Waals surface area contributed by atoms with E-state index in [4.69, 9.17) is 0 Å². The first-order valence-corrected chi connectivity index (χ1v) is 10.2. The average Bonchev–Trinajstić information content (AvgIpc) is 3.11. The molecule has 0 aromatic heterocycles. The first-order chi connectivity index (χ1) is 12.2. The van der Waals surface area contributed by atoms with Crippen LogP contribution in [0.2, 0.25) is 0 Å². The van der Waals surface area contributed by atoms with E-state index in [0.717, 1.165) is 32.6 Å². The summed E-state index contributed by atoms with van der Waals surface area (Å²) in [7, 11) is 2.18. The molecule has 2 aliphatic rings. The second kappa shape index (κ2) is 8.84. The van der Waals surface area contributed by atoms with Crippen LogP contribution in [0.4, 0.5) is 0 Å². The van der Waals surface area contributed by atoms with Gasteiger partial charge in [-0.1, -0.05) is 37.3 Å². The van der Waals surface area contributed by atoms with Crippen molar-refractivity contribution in [3.8, 4) is 0 Å². The van der Waals surface area contributed by atoms with E-state index >= 15 is 0 Å². The van der Waals surface area contributed by atoms with E-state index in [0.29, 0.717) is 23.7 Å². The number of likely N-dealkylation sites (tertiary alicyclic amines) is 1. The van der Waals surface area contributed by atoms with E-state index in [-0.39, 0.29) is 0 Å². The van der Waals surface area contributed by atoms with E-state index in [1.54, 1.807) is 0 Å². The maximum Gasteiger partial charge on any atom is 0.222 e. The monoisotopic (exact) mass is 342 g/mol. The van der Waals surface area contributed by atoms with E-state index in [1.807, 2.05) is 0 Å². The molecule has 1 heterocycles. The van der Waals surface area contributed by atoms with E-state index in [9.17, 15) is 4.79 Å². The molecule has 2 fully saturated rings. The molecule has 1 aromatic carbocycles. The van der Waals surface area contributed by atoms with Gasteiger partial charge < -0.3 is 9.80 Å². The SMILES string of the molecule is CCN(C)C[C@H]1CCN(C(=O)CC2CCC(c3ccccc3)CC2)C1. The summed E-state index contributed by atoms with van der Waals surface area (Å²) in [6.45, 7) is 6.37. The van der Waals surface area contributed by atoms with Crippen LogP contribution in [0.15, 0.2) is 30.3 Å². The van der Waals surface area contributed by atoms with Gasteiger partial charge in [0.15, 0.2) is 0 Å². The minimum Gasteiger partial charge on any atom is -0.342 e. The number of amides is 1. The Balaban J connectivity index is 1.41. The first kappa shape index (κ1) is 18.4. The summed E-state index contributed by atoms with van der Waals surface area (Å²) in [6.07, 6.45) is 6.86. The number of rotatable bonds is 6. The Morgan fingerprint density at radius 3 is 2.48 bits per heavy atom. The molecule has 3 rings (SSSR count). The largest absolute Gasteiger partial charge is 0.342 e. The maximum absolute atomic E-state index is 12.7. The lowest BCUT2D eigenvalue weighted by Gasteiger charge is -2.29. The van der Waals surface area contributed by atoms with Crippen molar-refractivity contribution < 1.29 is 4.79 Å². The standard InChI is InChI=1S/C22H34N2O/c1-3-23(2)16-19-13-14-24(17-19)22(25)15-18-9-11-21(12-10-18)20-7-5-4-6-8-20/h4-8,18-19,21H,3,9-17H2,1-2H3/t18?,19-,21?/m1/s1. The van der Waals surface area contributed by atoms with Crippen LogP contribution >= 0.6 is 0 Å². The highest BCUT2D eigenvalue weighted by atomic mass is 16.2. The number of benzene rings is 1. The Bertz CT molecular complexity index is 536. The van der Waals surface area contributed by atoms with Crippen molar-refractivity contribution in [2.45, 2.75) is 51.4 Å². The molecule has 3 heteroatoms. The first-order valence-electron chi connectivity index (χ1n) is 10.2. The summed E-state index contributed by atoms with van der Waals surface area (Å²) in [5.41, 5.74) is 1.48. The lowest BCUT2D eigenvalue weighted by molar-refractivity contribution is -0.131. The molecule has 0 unspecified atom stereocenters. The smallest absolute Gasteiger partial charge is 0.222 e. The minimum absolute atomic E-state index is 0.407. The van der Waals surface area contributed by atoms with Gasteiger partial charge in [0.05, 0.1) is 0 Å². The van der Waals surface area contributed by atoms with Gasteiger partial charge in [-0.2, -0.15) is 0 Å². The molecular weight excluding hydrogens is 308 g/mol. The molecule has 1 aromatic rings. The fourth-order valence-electron chi connectivity index (χ4n) is 4.58. The Labute approximate surface area is 153 Å². The third kappa shape index (κ3) is 5.07. The highest BCUT2D eigenvalue weighted by Crippen LogP contribution is 2.37. The Morgan fingerprint density at radius 1 is 1.08 bits per heavy atom. The number of nitrogens with zero attached hydrogens (tertiary/aromatic N) is 2. The van der Waals surface area contributed by atoms with Gasteiger partial charge >= 0.3 is 0 Å². The van der Waals surface area contributed by atoms with Crippen molar-refractivity contribution in [1.29, 1.82) is 0 Å². The lowest BCUT2D eigenvalue weighted by atomic mass is 9.77. The van der Waals surface area contributed by atoms with Gasteiger partial charge in [-0.05, 0) is 69.0 Å².